The van der Waals surface area contributed by atoms with Crippen molar-refractivity contribution < 1.29 is 19.1 Å². The van der Waals surface area contributed by atoms with Crippen LogP contribution in [-0.4, -0.2) is 24.6 Å². The SMILES string of the molecule is CCOC(=O)C1CC1(C)[C@@H]1CC=C(C)[C@@H](OC(C)=O)C1. The minimum absolute atomic E-state index is 0.00184. The molecule has 2 aliphatic rings. The van der Waals surface area contributed by atoms with E-state index in [0.29, 0.717) is 12.5 Å². The van der Waals surface area contributed by atoms with Crippen LogP contribution in [0.3, 0.4) is 0 Å². The van der Waals surface area contributed by atoms with Gasteiger partial charge in [-0.05, 0) is 50.0 Å². The Hall–Kier alpha value is -1.32. The van der Waals surface area contributed by atoms with Crippen LogP contribution >= 0.6 is 0 Å². The monoisotopic (exact) mass is 280 g/mol. The Labute approximate surface area is 120 Å². The molecule has 0 saturated heterocycles. The van der Waals surface area contributed by atoms with E-state index in [4.69, 9.17) is 9.47 Å². The molecule has 1 saturated carbocycles. The first kappa shape index (κ1) is 15.1. The number of allylic oxidation sites excluding steroid dienone is 1. The van der Waals surface area contributed by atoms with Gasteiger partial charge in [-0.15, -0.1) is 0 Å². The summed E-state index contributed by atoms with van der Waals surface area (Å²) in [6.45, 7) is 7.86. The highest BCUT2D eigenvalue weighted by molar-refractivity contribution is 5.77. The summed E-state index contributed by atoms with van der Waals surface area (Å²) in [4.78, 5) is 23.0. The molecule has 4 nitrogen and oxygen atoms in total. The van der Waals surface area contributed by atoms with E-state index in [1.165, 1.54) is 6.92 Å². The molecular weight excluding hydrogens is 256 g/mol. The molecule has 2 rings (SSSR count). The predicted octanol–water partition coefficient (Wildman–Crippen LogP) is 2.86. The quantitative estimate of drug-likeness (QED) is 0.587. The van der Waals surface area contributed by atoms with Gasteiger partial charge in [0.15, 0.2) is 0 Å². The van der Waals surface area contributed by atoms with Crippen molar-refractivity contribution in [2.45, 2.75) is 53.1 Å². The van der Waals surface area contributed by atoms with E-state index in [0.717, 1.165) is 24.8 Å². The van der Waals surface area contributed by atoms with Gasteiger partial charge in [0.2, 0.25) is 0 Å². The summed E-state index contributed by atoms with van der Waals surface area (Å²) in [5.74, 6) is 0.0683. The van der Waals surface area contributed by atoms with Crippen LogP contribution in [0.5, 0.6) is 0 Å². The van der Waals surface area contributed by atoms with Crippen LogP contribution in [0.2, 0.25) is 0 Å². The molecule has 4 atom stereocenters. The van der Waals surface area contributed by atoms with E-state index < -0.39 is 0 Å². The third kappa shape index (κ3) is 2.89. The molecule has 2 unspecified atom stereocenters. The predicted molar refractivity (Wildman–Crippen MR) is 74.9 cm³/mol. The van der Waals surface area contributed by atoms with E-state index in [2.05, 4.69) is 13.0 Å². The Morgan fingerprint density at radius 2 is 2.15 bits per heavy atom. The van der Waals surface area contributed by atoms with Crippen LogP contribution in [0.4, 0.5) is 0 Å². The molecule has 0 spiro atoms. The lowest BCUT2D eigenvalue weighted by molar-refractivity contribution is -0.148. The average Bonchev–Trinajstić information content (AvgIpc) is 3.05. The third-order valence-corrected chi connectivity index (χ3v) is 4.82. The Morgan fingerprint density at radius 3 is 2.75 bits per heavy atom. The first-order valence-electron chi connectivity index (χ1n) is 7.39. The number of esters is 2. The summed E-state index contributed by atoms with van der Waals surface area (Å²) in [7, 11) is 0. The van der Waals surface area contributed by atoms with Gasteiger partial charge in [-0.25, -0.2) is 0 Å². The van der Waals surface area contributed by atoms with Crippen LogP contribution in [0.15, 0.2) is 11.6 Å². The Bertz CT molecular complexity index is 440. The van der Waals surface area contributed by atoms with Gasteiger partial charge in [0.25, 0.3) is 0 Å². The molecule has 112 valence electrons. The van der Waals surface area contributed by atoms with Crippen molar-refractivity contribution in [2.75, 3.05) is 6.61 Å². The highest BCUT2D eigenvalue weighted by Crippen LogP contribution is 2.61. The fourth-order valence-corrected chi connectivity index (χ4v) is 3.31. The molecule has 0 aromatic rings. The van der Waals surface area contributed by atoms with Crippen LogP contribution < -0.4 is 0 Å². The number of hydrogen-bond donors (Lipinski definition) is 0. The van der Waals surface area contributed by atoms with Gasteiger partial charge in [-0.2, -0.15) is 0 Å². The fourth-order valence-electron chi connectivity index (χ4n) is 3.31. The number of ether oxygens (including phenoxy) is 2. The van der Waals surface area contributed by atoms with Gasteiger partial charge in [-0.1, -0.05) is 13.0 Å². The second-order valence-corrected chi connectivity index (χ2v) is 6.23. The van der Waals surface area contributed by atoms with Crippen molar-refractivity contribution in [2.24, 2.45) is 17.3 Å². The largest absolute Gasteiger partial charge is 0.466 e. The van der Waals surface area contributed by atoms with E-state index >= 15 is 0 Å². The molecule has 2 aliphatic carbocycles. The second kappa shape index (κ2) is 5.58. The summed E-state index contributed by atoms with van der Waals surface area (Å²) in [6.07, 6.45) is 4.67. The van der Waals surface area contributed by atoms with E-state index in [-0.39, 0.29) is 29.4 Å². The standard InChI is InChI=1S/C16H24O4/c1-5-19-15(18)13-9-16(13,4)12-7-6-10(2)14(8-12)20-11(3)17/h6,12-14H,5,7-9H2,1-4H3/t12-,13?,14+,16?/m1/s1. The lowest BCUT2D eigenvalue weighted by Gasteiger charge is -2.32. The molecular formula is C16H24O4. The fraction of sp³-hybridized carbons (Fsp3) is 0.750. The van der Waals surface area contributed by atoms with Gasteiger partial charge in [0.05, 0.1) is 12.5 Å². The van der Waals surface area contributed by atoms with Crippen LogP contribution in [0.1, 0.15) is 47.0 Å². The Balaban J connectivity index is 2.01. The molecule has 1 fully saturated rings. The number of rotatable bonds is 4. The van der Waals surface area contributed by atoms with Crippen LogP contribution in [0, 0.1) is 17.3 Å². The zero-order chi connectivity index (χ0) is 14.9. The van der Waals surface area contributed by atoms with Crippen molar-refractivity contribution in [3.8, 4) is 0 Å². The summed E-state index contributed by atoms with van der Waals surface area (Å²) >= 11 is 0. The lowest BCUT2D eigenvalue weighted by atomic mass is 9.77. The summed E-state index contributed by atoms with van der Waals surface area (Å²) in [5, 5.41) is 0. The molecule has 0 heterocycles. The average molecular weight is 280 g/mol. The van der Waals surface area contributed by atoms with E-state index in [9.17, 15) is 9.59 Å². The van der Waals surface area contributed by atoms with Crippen LogP contribution in [0.25, 0.3) is 0 Å². The molecule has 0 bridgehead atoms. The van der Waals surface area contributed by atoms with E-state index in [1.54, 1.807) is 0 Å². The molecule has 4 heteroatoms. The maximum Gasteiger partial charge on any atom is 0.309 e. The van der Waals surface area contributed by atoms with Crippen molar-refractivity contribution >= 4 is 11.9 Å². The number of hydrogen-bond acceptors (Lipinski definition) is 4. The normalized spacial score (nSPS) is 36.0. The molecule has 0 aromatic heterocycles. The summed E-state index contributed by atoms with van der Waals surface area (Å²) in [6, 6.07) is 0. The Kier molecular flexibility index (Phi) is 4.21. The van der Waals surface area contributed by atoms with Crippen LogP contribution in [-0.2, 0) is 19.1 Å². The van der Waals surface area contributed by atoms with Gasteiger partial charge in [0, 0.05) is 6.92 Å². The number of carbonyl (C=O) groups excluding carboxylic acids is 2. The summed E-state index contributed by atoms with van der Waals surface area (Å²) < 4.78 is 10.5. The molecule has 0 N–H and O–H groups in total. The first-order valence-corrected chi connectivity index (χ1v) is 7.39. The Morgan fingerprint density at radius 1 is 1.45 bits per heavy atom. The highest BCUT2D eigenvalue weighted by atomic mass is 16.5. The zero-order valence-electron chi connectivity index (χ0n) is 12.8. The van der Waals surface area contributed by atoms with Gasteiger partial charge in [0.1, 0.15) is 6.10 Å². The van der Waals surface area contributed by atoms with Gasteiger partial charge in [-0.3, -0.25) is 9.59 Å². The number of carbonyl (C=O) groups is 2. The van der Waals surface area contributed by atoms with E-state index in [1.807, 2.05) is 13.8 Å². The summed E-state index contributed by atoms with van der Waals surface area (Å²) in [5.41, 5.74) is 1.12. The topological polar surface area (TPSA) is 52.6 Å². The zero-order valence-corrected chi connectivity index (χ0v) is 12.8. The smallest absolute Gasteiger partial charge is 0.309 e. The minimum atomic E-state index is -0.244. The lowest BCUT2D eigenvalue weighted by Crippen LogP contribution is -2.30. The van der Waals surface area contributed by atoms with Gasteiger partial charge >= 0.3 is 11.9 Å². The maximum absolute atomic E-state index is 11.9. The second-order valence-electron chi connectivity index (χ2n) is 6.23. The molecule has 0 radical (unpaired) electrons. The van der Waals surface area contributed by atoms with Crippen molar-refractivity contribution in [3.05, 3.63) is 11.6 Å². The van der Waals surface area contributed by atoms with Crippen molar-refractivity contribution in [1.29, 1.82) is 0 Å². The van der Waals surface area contributed by atoms with Crippen molar-refractivity contribution in [3.63, 3.8) is 0 Å². The molecule has 0 amide bonds. The third-order valence-electron chi connectivity index (χ3n) is 4.82. The maximum atomic E-state index is 11.9. The first-order chi connectivity index (χ1) is 9.38. The molecule has 20 heavy (non-hydrogen) atoms. The minimum Gasteiger partial charge on any atom is -0.466 e. The highest BCUT2D eigenvalue weighted by Gasteiger charge is 2.59. The molecule has 0 aliphatic heterocycles. The van der Waals surface area contributed by atoms with Crippen molar-refractivity contribution in [1.82, 2.24) is 0 Å². The molecule has 0 aromatic carbocycles. The van der Waals surface area contributed by atoms with Gasteiger partial charge < -0.3 is 9.47 Å².